The van der Waals surface area contributed by atoms with Gasteiger partial charge in [0, 0.05) is 32.4 Å². The SMILES string of the molecule is CN(C)c1cc(C(=O)N(C)c2ccccc2)cc(Cl)n1. The van der Waals surface area contributed by atoms with Gasteiger partial charge in [-0.2, -0.15) is 0 Å². The molecule has 0 radical (unpaired) electrons. The van der Waals surface area contributed by atoms with Gasteiger partial charge in [-0.1, -0.05) is 29.8 Å². The predicted octanol–water partition coefficient (Wildman–Crippen LogP) is 3.08. The van der Waals surface area contributed by atoms with Crippen LogP contribution in [-0.4, -0.2) is 32.0 Å². The fourth-order valence-corrected chi connectivity index (χ4v) is 2.00. The second-order valence-corrected chi connectivity index (χ2v) is 5.02. The first kappa shape index (κ1) is 14.3. The van der Waals surface area contributed by atoms with Crippen molar-refractivity contribution in [1.29, 1.82) is 0 Å². The number of amides is 1. The lowest BCUT2D eigenvalue weighted by Gasteiger charge is -2.19. The van der Waals surface area contributed by atoms with Gasteiger partial charge < -0.3 is 9.80 Å². The van der Waals surface area contributed by atoms with Crippen molar-refractivity contribution in [2.75, 3.05) is 30.9 Å². The molecule has 0 N–H and O–H groups in total. The van der Waals surface area contributed by atoms with Crippen LogP contribution >= 0.6 is 11.6 Å². The Bertz CT molecular complexity index is 614. The summed E-state index contributed by atoms with van der Waals surface area (Å²) in [5.41, 5.74) is 1.34. The van der Waals surface area contributed by atoms with Crippen LogP contribution in [0.1, 0.15) is 10.4 Å². The van der Waals surface area contributed by atoms with Gasteiger partial charge in [-0.15, -0.1) is 0 Å². The maximum Gasteiger partial charge on any atom is 0.258 e. The molecule has 0 saturated heterocycles. The molecule has 4 nitrogen and oxygen atoms in total. The number of hydrogen-bond acceptors (Lipinski definition) is 3. The fourth-order valence-electron chi connectivity index (χ4n) is 1.80. The molecule has 2 rings (SSSR count). The molecule has 104 valence electrons. The Kier molecular flexibility index (Phi) is 4.25. The summed E-state index contributed by atoms with van der Waals surface area (Å²) in [4.78, 5) is 20.1. The Morgan fingerprint density at radius 2 is 1.75 bits per heavy atom. The number of pyridine rings is 1. The Balaban J connectivity index is 2.34. The minimum atomic E-state index is -0.122. The lowest BCUT2D eigenvalue weighted by atomic mass is 10.2. The minimum Gasteiger partial charge on any atom is -0.363 e. The molecule has 0 fully saturated rings. The zero-order valence-corrected chi connectivity index (χ0v) is 12.4. The van der Waals surface area contributed by atoms with Crippen molar-refractivity contribution in [3.05, 3.63) is 53.2 Å². The highest BCUT2D eigenvalue weighted by Gasteiger charge is 2.15. The predicted molar refractivity (Wildman–Crippen MR) is 82.7 cm³/mol. The number of hydrogen-bond donors (Lipinski definition) is 0. The molecule has 5 heteroatoms. The topological polar surface area (TPSA) is 36.4 Å². The van der Waals surface area contributed by atoms with Crippen LogP contribution in [0.5, 0.6) is 0 Å². The number of rotatable bonds is 3. The van der Waals surface area contributed by atoms with E-state index in [-0.39, 0.29) is 5.91 Å². The van der Waals surface area contributed by atoms with Gasteiger partial charge in [0.25, 0.3) is 5.91 Å². The van der Waals surface area contributed by atoms with Crippen molar-refractivity contribution in [3.63, 3.8) is 0 Å². The van der Waals surface area contributed by atoms with Crippen LogP contribution in [-0.2, 0) is 0 Å². The van der Waals surface area contributed by atoms with Crippen LogP contribution in [0.15, 0.2) is 42.5 Å². The lowest BCUT2D eigenvalue weighted by molar-refractivity contribution is 0.0993. The number of carbonyl (C=O) groups is 1. The van der Waals surface area contributed by atoms with Gasteiger partial charge >= 0.3 is 0 Å². The molecule has 0 spiro atoms. The van der Waals surface area contributed by atoms with Crippen molar-refractivity contribution in [2.24, 2.45) is 0 Å². The van der Waals surface area contributed by atoms with Gasteiger partial charge in [0.2, 0.25) is 0 Å². The van der Waals surface area contributed by atoms with Gasteiger partial charge in [0.05, 0.1) is 0 Å². The first-order chi connectivity index (χ1) is 9.49. The third-order valence-electron chi connectivity index (χ3n) is 2.93. The van der Waals surface area contributed by atoms with E-state index in [9.17, 15) is 4.79 Å². The van der Waals surface area contributed by atoms with Crippen LogP contribution in [0.3, 0.4) is 0 Å². The number of anilines is 2. The van der Waals surface area contributed by atoms with Gasteiger partial charge in [0.15, 0.2) is 0 Å². The molecule has 0 aliphatic heterocycles. The van der Waals surface area contributed by atoms with Crippen LogP contribution in [0.4, 0.5) is 11.5 Å². The monoisotopic (exact) mass is 289 g/mol. The second kappa shape index (κ2) is 5.92. The van der Waals surface area contributed by atoms with Crippen molar-refractivity contribution in [1.82, 2.24) is 4.98 Å². The van der Waals surface area contributed by atoms with Crippen LogP contribution in [0.2, 0.25) is 5.15 Å². The molecular formula is C15H16ClN3O. The van der Waals surface area contributed by atoms with Crippen molar-refractivity contribution < 1.29 is 4.79 Å². The van der Waals surface area contributed by atoms with Crippen LogP contribution in [0, 0.1) is 0 Å². The van der Waals surface area contributed by atoms with Gasteiger partial charge in [-0.3, -0.25) is 4.79 Å². The summed E-state index contributed by atoms with van der Waals surface area (Å²) in [5.74, 6) is 0.533. The number of para-hydroxylation sites is 1. The summed E-state index contributed by atoms with van der Waals surface area (Å²) in [6, 6.07) is 12.8. The molecule has 0 saturated carbocycles. The van der Waals surface area contributed by atoms with E-state index in [1.54, 1.807) is 24.1 Å². The zero-order valence-electron chi connectivity index (χ0n) is 11.7. The molecule has 0 atom stereocenters. The highest BCUT2D eigenvalue weighted by molar-refractivity contribution is 6.30. The number of aromatic nitrogens is 1. The van der Waals surface area contributed by atoms with Crippen LogP contribution in [0.25, 0.3) is 0 Å². The zero-order chi connectivity index (χ0) is 14.7. The molecule has 1 aromatic heterocycles. The average molecular weight is 290 g/mol. The Morgan fingerprint density at radius 1 is 1.10 bits per heavy atom. The third-order valence-corrected chi connectivity index (χ3v) is 3.13. The molecular weight excluding hydrogens is 274 g/mol. The van der Waals surface area contributed by atoms with E-state index < -0.39 is 0 Å². The van der Waals surface area contributed by atoms with E-state index in [1.807, 2.05) is 49.3 Å². The summed E-state index contributed by atoms with van der Waals surface area (Å²) < 4.78 is 0. The average Bonchev–Trinajstić information content (AvgIpc) is 2.46. The first-order valence-corrected chi connectivity index (χ1v) is 6.55. The highest BCUT2D eigenvalue weighted by Crippen LogP contribution is 2.20. The maximum atomic E-state index is 12.5. The Hall–Kier alpha value is -2.07. The summed E-state index contributed by atoms with van der Waals surface area (Å²) in [6.07, 6.45) is 0. The number of carbonyl (C=O) groups excluding carboxylic acids is 1. The Morgan fingerprint density at radius 3 is 2.35 bits per heavy atom. The number of nitrogens with zero attached hydrogens (tertiary/aromatic N) is 3. The normalized spacial score (nSPS) is 10.2. The largest absolute Gasteiger partial charge is 0.363 e. The molecule has 1 aromatic carbocycles. The van der Waals surface area contributed by atoms with Gasteiger partial charge in [-0.05, 0) is 24.3 Å². The van der Waals surface area contributed by atoms with E-state index in [0.29, 0.717) is 16.5 Å². The van der Waals surface area contributed by atoms with Crippen LogP contribution < -0.4 is 9.80 Å². The summed E-state index contributed by atoms with van der Waals surface area (Å²) >= 11 is 5.98. The maximum absolute atomic E-state index is 12.5. The van der Waals surface area contributed by atoms with Gasteiger partial charge in [0.1, 0.15) is 11.0 Å². The van der Waals surface area contributed by atoms with E-state index >= 15 is 0 Å². The standard InChI is InChI=1S/C15H16ClN3O/c1-18(2)14-10-11(9-13(16)17-14)15(20)19(3)12-7-5-4-6-8-12/h4-10H,1-3H3. The summed E-state index contributed by atoms with van der Waals surface area (Å²) in [5, 5.41) is 0.306. The van der Waals surface area contributed by atoms with E-state index in [4.69, 9.17) is 11.6 Å². The lowest BCUT2D eigenvalue weighted by Crippen LogP contribution is -2.26. The number of benzene rings is 1. The van der Waals surface area contributed by atoms with E-state index in [0.717, 1.165) is 5.69 Å². The van der Waals surface area contributed by atoms with Gasteiger partial charge in [-0.25, -0.2) is 4.98 Å². The van der Waals surface area contributed by atoms with Crippen molar-refractivity contribution in [3.8, 4) is 0 Å². The summed E-state index contributed by atoms with van der Waals surface area (Å²) in [6.45, 7) is 0. The minimum absolute atomic E-state index is 0.122. The first-order valence-electron chi connectivity index (χ1n) is 6.17. The third kappa shape index (κ3) is 3.08. The fraction of sp³-hybridized carbons (Fsp3) is 0.200. The van der Waals surface area contributed by atoms with E-state index in [1.165, 1.54) is 0 Å². The molecule has 0 aliphatic rings. The van der Waals surface area contributed by atoms with Crippen molar-refractivity contribution >= 4 is 29.0 Å². The summed E-state index contributed by atoms with van der Waals surface area (Å²) in [7, 11) is 5.45. The molecule has 0 bridgehead atoms. The molecule has 0 aliphatic carbocycles. The van der Waals surface area contributed by atoms with Crippen molar-refractivity contribution in [2.45, 2.75) is 0 Å². The smallest absolute Gasteiger partial charge is 0.258 e. The molecule has 1 heterocycles. The number of halogens is 1. The van der Waals surface area contributed by atoms with E-state index in [2.05, 4.69) is 4.98 Å². The molecule has 2 aromatic rings. The highest BCUT2D eigenvalue weighted by atomic mass is 35.5. The quantitative estimate of drug-likeness (QED) is 0.815. The second-order valence-electron chi connectivity index (χ2n) is 4.63. The molecule has 20 heavy (non-hydrogen) atoms. The molecule has 1 amide bonds. The Labute approximate surface area is 123 Å². The molecule has 0 unspecified atom stereocenters.